The molecule has 2 aromatic rings. The largest absolute Gasteiger partial charge is 0.492 e. The predicted molar refractivity (Wildman–Crippen MR) is 101 cm³/mol. The monoisotopic (exact) mass is 524 g/mol. The lowest BCUT2D eigenvalue weighted by Crippen LogP contribution is -2.03. The minimum atomic E-state index is -0.661. The molecule has 2 rings (SSSR count). The van der Waals surface area contributed by atoms with Crippen molar-refractivity contribution in [3.05, 3.63) is 60.0 Å². The van der Waals surface area contributed by atoms with Crippen LogP contribution in [0.25, 0.3) is 0 Å². The minimum absolute atomic E-state index is 0.661. The number of aliphatic hydroxyl groups excluding tert-OH is 1. The van der Waals surface area contributed by atoms with Gasteiger partial charge in [0.15, 0.2) is 0 Å². The van der Waals surface area contributed by atoms with Crippen LogP contribution >= 0.6 is 54.5 Å². The quantitative estimate of drug-likeness (QED) is 0.508. The normalized spacial score (nSPS) is 12.2. The van der Waals surface area contributed by atoms with E-state index in [-0.39, 0.29) is 0 Å². The van der Waals surface area contributed by atoms with E-state index in [0.29, 0.717) is 6.61 Å². The highest BCUT2D eigenvalue weighted by atomic mass is 127. The van der Waals surface area contributed by atoms with Crippen LogP contribution in [0.3, 0.4) is 0 Å². The number of rotatable bonds is 5. The third-order valence-corrected chi connectivity index (χ3v) is 5.08. The van der Waals surface area contributed by atoms with Crippen molar-refractivity contribution in [3.8, 4) is 5.75 Å². The Morgan fingerprint density at radius 2 is 1.95 bits per heavy atom. The summed E-state index contributed by atoms with van der Waals surface area (Å²) >= 11 is 9.19. The molecule has 0 aliphatic heterocycles. The van der Waals surface area contributed by atoms with Gasteiger partial charge in [0.1, 0.15) is 11.9 Å². The third kappa shape index (κ3) is 4.43. The van der Waals surface area contributed by atoms with Gasteiger partial charge in [-0.15, -0.1) is 0 Å². The molecule has 0 aromatic heterocycles. The summed E-state index contributed by atoms with van der Waals surface area (Å²) in [5.74, 6) is 0.803. The van der Waals surface area contributed by atoms with Crippen LogP contribution in [0.2, 0.25) is 0 Å². The highest BCUT2D eigenvalue weighted by Gasteiger charge is 2.15. The molecule has 112 valence electrons. The Morgan fingerprint density at radius 3 is 2.62 bits per heavy atom. The summed E-state index contributed by atoms with van der Waals surface area (Å²) < 4.78 is 8.48. The van der Waals surface area contributed by atoms with Crippen molar-refractivity contribution in [1.29, 1.82) is 0 Å². The summed E-state index contributed by atoms with van der Waals surface area (Å²) in [6.45, 7) is 2.76. The topological polar surface area (TPSA) is 29.5 Å². The van der Waals surface area contributed by atoms with Crippen molar-refractivity contribution in [3.63, 3.8) is 0 Å². The van der Waals surface area contributed by atoms with E-state index in [1.54, 1.807) is 0 Å². The number of hydrogen-bond donors (Lipinski definition) is 1. The van der Waals surface area contributed by atoms with Gasteiger partial charge < -0.3 is 9.84 Å². The number of benzene rings is 2. The Balaban J connectivity index is 2.29. The molecule has 5 heteroatoms. The molecule has 1 atom stereocenters. The van der Waals surface area contributed by atoms with Gasteiger partial charge in [-0.25, -0.2) is 0 Å². The molecular formula is C16H15Br2IO2. The van der Waals surface area contributed by atoms with E-state index in [4.69, 9.17) is 4.74 Å². The Labute approximate surface area is 155 Å². The van der Waals surface area contributed by atoms with Crippen molar-refractivity contribution in [2.45, 2.75) is 19.4 Å². The summed E-state index contributed by atoms with van der Waals surface area (Å²) in [6.07, 6.45) is 0.304. The lowest BCUT2D eigenvalue weighted by molar-refractivity contribution is 0.219. The van der Waals surface area contributed by atoms with Gasteiger partial charge in [0.05, 0.1) is 11.1 Å². The van der Waals surface area contributed by atoms with E-state index >= 15 is 0 Å². The highest BCUT2D eigenvalue weighted by molar-refractivity contribution is 14.1. The van der Waals surface area contributed by atoms with Crippen LogP contribution in [0.1, 0.15) is 30.6 Å². The molecule has 0 amide bonds. The summed E-state index contributed by atoms with van der Waals surface area (Å²) in [4.78, 5) is 0. The fourth-order valence-electron chi connectivity index (χ4n) is 1.92. The van der Waals surface area contributed by atoms with E-state index in [0.717, 1.165) is 35.8 Å². The zero-order chi connectivity index (χ0) is 15.4. The number of halogens is 3. The summed E-state index contributed by atoms with van der Waals surface area (Å²) in [5.41, 5.74) is 1.72. The fraction of sp³-hybridized carbons (Fsp3) is 0.250. The lowest BCUT2D eigenvalue weighted by atomic mass is 10.0. The fourth-order valence-corrected chi connectivity index (χ4v) is 3.44. The molecular weight excluding hydrogens is 511 g/mol. The van der Waals surface area contributed by atoms with Gasteiger partial charge in [-0.3, -0.25) is 0 Å². The van der Waals surface area contributed by atoms with Gasteiger partial charge in [0, 0.05) is 8.04 Å². The number of hydrogen-bond acceptors (Lipinski definition) is 2. The molecule has 21 heavy (non-hydrogen) atoms. The zero-order valence-corrected chi connectivity index (χ0v) is 16.8. The first kappa shape index (κ1) is 17.2. The summed E-state index contributed by atoms with van der Waals surface area (Å²) in [5, 5.41) is 10.6. The predicted octanol–water partition coefficient (Wildman–Crippen LogP) is 5.69. The molecule has 0 saturated carbocycles. The first-order chi connectivity index (χ1) is 10.0. The molecule has 2 nitrogen and oxygen atoms in total. The van der Waals surface area contributed by atoms with Crippen molar-refractivity contribution in [2.24, 2.45) is 0 Å². The SMILES string of the molecule is CCCOc1ccc(C(O)c2cc(Br)ccc2I)cc1Br. The first-order valence-electron chi connectivity index (χ1n) is 6.58. The number of ether oxygens (including phenoxy) is 1. The van der Waals surface area contributed by atoms with E-state index < -0.39 is 6.10 Å². The molecule has 0 aliphatic carbocycles. The molecule has 0 spiro atoms. The molecule has 0 fully saturated rings. The van der Waals surface area contributed by atoms with E-state index in [1.807, 2.05) is 36.4 Å². The second-order valence-electron chi connectivity index (χ2n) is 4.61. The Kier molecular flexibility index (Phi) is 6.52. The van der Waals surface area contributed by atoms with Crippen LogP contribution in [0.5, 0.6) is 5.75 Å². The van der Waals surface area contributed by atoms with Crippen molar-refractivity contribution < 1.29 is 9.84 Å². The van der Waals surface area contributed by atoms with E-state index in [9.17, 15) is 5.11 Å². The molecule has 0 aliphatic rings. The Morgan fingerprint density at radius 1 is 1.19 bits per heavy atom. The summed E-state index contributed by atoms with van der Waals surface area (Å²) in [6, 6.07) is 11.6. The van der Waals surface area contributed by atoms with Crippen LogP contribution in [-0.2, 0) is 0 Å². The highest BCUT2D eigenvalue weighted by Crippen LogP contribution is 2.33. The maximum atomic E-state index is 10.6. The van der Waals surface area contributed by atoms with Crippen LogP contribution in [0.15, 0.2) is 45.3 Å². The Bertz CT molecular complexity index is 632. The van der Waals surface area contributed by atoms with Gasteiger partial charge in [0.25, 0.3) is 0 Å². The van der Waals surface area contributed by atoms with Crippen molar-refractivity contribution in [1.82, 2.24) is 0 Å². The van der Waals surface area contributed by atoms with Gasteiger partial charge in [-0.2, -0.15) is 0 Å². The second-order valence-corrected chi connectivity index (χ2v) is 7.54. The maximum Gasteiger partial charge on any atom is 0.133 e. The third-order valence-electron chi connectivity index (χ3n) is 2.99. The standard InChI is InChI=1S/C16H15Br2IO2/c1-2-7-21-15-6-3-10(8-13(15)18)16(20)12-9-11(17)4-5-14(12)19/h3-6,8-9,16,20H,2,7H2,1H3. The van der Waals surface area contributed by atoms with Crippen molar-refractivity contribution >= 4 is 54.5 Å². The molecule has 0 bridgehead atoms. The maximum absolute atomic E-state index is 10.6. The van der Waals surface area contributed by atoms with Gasteiger partial charge in [-0.1, -0.05) is 28.9 Å². The average molecular weight is 526 g/mol. The van der Waals surface area contributed by atoms with Crippen LogP contribution in [0, 0.1) is 3.57 Å². The zero-order valence-electron chi connectivity index (χ0n) is 11.4. The van der Waals surface area contributed by atoms with Crippen molar-refractivity contribution in [2.75, 3.05) is 6.61 Å². The molecule has 0 radical (unpaired) electrons. The molecule has 0 saturated heterocycles. The summed E-state index contributed by atoms with van der Waals surface area (Å²) in [7, 11) is 0. The van der Waals surface area contributed by atoms with Crippen LogP contribution in [0.4, 0.5) is 0 Å². The smallest absolute Gasteiger partial charge is 0.133 e. The Hall–Kier alpha value is -0.110. The molecule has 2 aromatic carbocycles. The molecule has 1 N–H and O–H groups in total. The first-order valence-corrected chi connectivity index (χ1v) is 9.24. The van der Waals surface area contributed by atoms with E-state index in [2.05, 4.69) is 61.4 Å². The van der Waals surface area contributed by atoms with Gasteiger partial charge in [-0.05, 0) is 86.4 Å². The van der Waals surface area contributed by atoms with Crippen LogP contribution in [-0.4, -0.2) is 11.7 Å². The molecule has 1 unspecified atom stereocenters. The molecule has 0 heterocycles. The van der Waals surface area contributed by atoms with E-state index in [1.165, 1.54) is 0 Å². The average Bonchev–Trinajstić information content (AvgIpc) is 2.47. The van der Waals surface area contributed by atoms with Gasteiger partial charge in [0.2, 0.25) is 0 Å². The number of aliphatic hydroxyl groups is 1. The minimum Gasteiger partial charge on any atom is -0.492 e. The van der Waals surface area contributed by atoms with Gasteiger partial charge >= 0.3 is 0 Å². The second kappa shape index (κ2) is 7.94. The lowest BCUT2D eigenvalue weighted by Gasteiger charge is -2.15. The van der Waals surface area contributed by atoms with Crippen LogP contribution < -0.4 is 4.74 Å².